The number of hydrogen-bond acceptors (Lipinski definition) is 3. The van der Waals surface area contributed by atoms with Gasteiger partial charge in [-0.05, 0) is 5.92 Å². The average molecular weight is 240 g/mol. The van der Waals surface area contributed by atoms with Crippen LogP contribution in [-0.4, -0.2) is 17.9 Å². The summed E-state index contributed by atoms with van der Waals surface area (Å²) in [6.45, 7) is 11.8. The lowest BCUT2D eigenvalue weighted by Crippen LogP contribution is -2.38. The van der Waals surface area contributed by atoms with Gasteiger partial charge in [0.2, 0.25) is 0 Å². The third kappa shape index (κ3) is 3.08. The Morgan fingerprint density at radius 3 is 2.24 bits per heavy atom. The van der Waals surface area contributed by atoms with E-state index in [1.54, 1.807) is 0 Å². The summed E-state index contributed by atoms with van der Waals surface area (Å²) < 4.78 is 5.35. The lowest BCUT2D eigenvalue weighted by atomic mass is 9.76. The SMILES string of the molecule is CC(C)[C@H]1CC(=O)O[C@@H]1C(C)C(=O)C(C)(C)C. The third-order valence-corrected chi connectivity index (χ3v) is 3.59. The topological polar surface area (TPSA) is 43.4 Å². The molecule has 0 aromatic carbocycles. The number of ether oxygens (including phenoxy) is 1. The molecule has 3 atom stereocenters. The van der Waals surface area contributed by atoms with Gasteiger partial charge in [0, 0.05) is 11.3 Å². The van der Waals surface area contributed by atoms with Gasteiger partial charge < -0.3 is 4.74 Å². The second-order valence-corrected chi connectivity index (χ2v) is 6.47. The Bertz CT molecular complexity index is 312. The molecule has 0 aliphatic carbocycles. The number of esters is 1. The van der Waals surface area contributed by atoms with Crippen molar-refractivity contribution in [3.05, 3.63) is 0 Å². The van der Waals surface area contributed by atoms with E-state index in [1.807, 2.05) is 27.7 Å². The van der Waals surface area contributed by atoms with Crippen LogP contribution in [0, 0.1) is 23.2 Å². The van der Waals surface area contributed by atoms with Crippen LogP contribution in [0.2, 0.25) is 0 Å². The zero-order chi connectivity index (χ0) is 13.4. The van der Waals surface area contributed by atoms with Gasteiger partial charge in [-0.1, -0.05) is 41.5 Å². The van der Waals surface area contributed by atoms with Crippen molar-refractivity contribution in [3.63, 3.8) is 0 Å². The predicted molar refractivity (Wildman–Crippen MR) is 66.5 cm³/mol. The molecule has 1 fully saturated rings. The van der Waals surface area contributed by atoms with Crippen LogP contribution in [0.25, 0.3) is 0 Å². The van der Waals surface area contributed by atoms with Crippen LogP contribution in [-0.2, 0) is 14.3 Å². The minimum absolute atomic E-state index is 0.165. The maximum atomic E-state index is 12.2. The molecule has 3 heteroatoms. The van der Waals surface area contributed by atoms with Crippen molar-refractivity contribution in [2.45, 2.75) is 54.1 Å². The molecule has 1 aliphatic rings. The van der Waals surface area contributed by atoms with Crippen molar-refractivity contribution in [2.24, 2.45) is 23.2 Å². The highest BCUT2D eigenvalue weighted by atomic mass is 16.6. The van der Waals surface area contributed by atoms with Crippen LogP contribution >= 0.6 is 0 Å². The molecule has 1 heterocycles. The Labute approximate surface area is 104 Å². The normalized spacial score (nSPS) is 27.1. The average Bonchev–Trinajstić information content (AvgIpc) is 2.56. The fourth-order valence-corrected chi connectivity index (χ4v) is 2.52. The molecule has 0 radical (unpaired) electrons. The molecule has 0 N–H and O–H groups in total. The Morgan fingerprint density at radius 1 is 1.29 bits per heavy atom. The van der Waals surface area contributed by atoms with E-state index >= 15 is 0 Å². The second kappa shape index (κ2) is 4.79. The van der Waals surface area contributed by atoms with Crippen molar-refractivity contribution >= 4 is 11.8 Å². The highest BCUT2D eigenvalue weighted by Crippen LogP contribution is 2.36. The molecule has 17 heavy (non-hydrogen) atoms. The quantitative estimate of drug-likeness (QED) is 0.712. The summed E-state index contributed by atoms with van der Waals surface area (Å²) >= 11 is 0. The summed E-state index contributed by atoms with van der Waals surface area (Å²) in [6, 6.07) is 0. The fraction of sp³-hybridized carbons (Fsp3) is 0.857. The van der Waals surface area contributed by atoms with Crippen LogP contribution in [0.15, 0.2) is 0 Å². The van der Waals surface area contributed by atoms with Crippen molar-refractivity contribution in [3.8, 4) is 0 Å². The van der Waals surface area contributed by atoms with E-state index in [-0.39, 0.29) is 35.1 Å². The van der Waals surface area contributed by atoms with Crippen LogP contribution in [0.5, 0.6) is 0 Å². The zero-order valence-electron chi connectivity index (χ0n) is 11.7. The van der Waals surface area contributed by atoms with Crippen molar-refractivity contribution in [2.75, 3.05) is 0 Å². The number of carbonyl (C=O) groups is 2. The summed E-state index contributed by atoms with van der Waals surface area (Å²) in [7, 11) is 0. The van der Waals surface area contributed by atoms with Gasteiger partial charge in [-0.3, -0.25) is 9.59 Å². The molecular weight excluding hydrogens is 216 g/mol. The van der Waals surface area contributed by atoms with E-state index in [0.29, 0.717) is 12.3 Å². The first-order chi connectivity index (χ1) is 7.64. The van der Waals surface area contributed by atoms with E-state index in [2.05, 4.69) is 13.8 Å². The van der Waals surface area contributed by atoms with Crippen molar-refractivity contribution in [1.82, 2.24) is 0 Å². The van der Waals surface area contributed by atoms with Crippen molar-refractivity contribution < 1.29 is 14.3 Å². The highest BCUT2D eigenvalue weighted by molar-refractivity contribution is 5.87. The van der Waals surface area contributed by atoms with Gasteiger partial charge in [-0.15, -0.1) is 0 Å². The van der Waals surface area contributed by atoms with Gasteiger partial charge in [0.15, 0.2) is 0 Å². The molecule has 0 aromatic rings. The van der Waals surface area contributed by atoms with E-state index in [9.17, 15) is 9.59 Å². The molecule has 0 aromatic heterocycles. The van der Waals surface area contributed by atoms with Crippen LogP contribution < -0.4 is 0 Å². The Hall–Kier alpha value is -0.860. The van der Waals surface area contributed by atoms with Gasteiger partial charge in [0.25, 0.3) is 0 Å². The molecule has 0 bridgehead atoms. The lowest BCUT2D eigenvalue weighted by Gasteiger charge is -2.29. The largest absolute Gasteiger partial charge is 0.461 e. The fourth-order valence-electron chi connectivity index (χ4n) is 2.52. The number of Topliss-reactive ketones (excluding diaryl/α,β-unsaturated/α-hetero) is 1. The smallest absolute Gasteiger partial charge is 0.306 e. The van der Waals surface area contributed by atoms with Crippen LogP contribution in [0.1, 0.15) is 48.0 Å². The zero-order valence-corrected chi connectivity index (χ0v) is 11.7. The number of cyclic esters (lactones) is 1. The molecule has 3 nitrogen and oxygen atoms in total. The first kappa shape index (κ1) is 14.2. The summed E-state index contributed by atoms with van der Waals surface area (Å²) in [5.41, 5.74) is -0.379. The first-order valence-electron chi connectivity index (χ1n) is 6.38. The Morgan fingerprint density at radius 2 is 1.82 bits per heavy atom. The maximum Gasteiger partial charge on any atom is 0.306 e. The number of ketones is 1. The molecule has 0 amide bonds. The molecule has 1 aliphatic heterocycles. The minimum atomic E-state index is -0.379. The summed E-state index contributed by atoms with van der Waals surface area (Å²) in [4.78, 5) is 23.6. The van der Waals surface area contributed by atoms with E-state index in [0.717, 1.165) is 0 Å². The first-order valence-corrected chi connectivity index (χ1v) is 6.38. The predicted octanol–water partition coefficient (Wildman–Crippen LogP) is 2.83. The molecular formula is C14H24O3. The van der Waals surface area contributed by atoms with Gasteiger partial charge in [-0.25, -0.2) is 0 Å². The van der Waals surface area contributed by atoms with Crippen molar-refractivity contribution in [1.29, 1.82) is 0 Å². The van der Waals surface area contributed by atoms with Crippen LogP contribution in [0.3, 0.4) is 0 Å². The summed E-state index contributed by atoms with van der Waals surface area (Å²) in [5, 5.41) is 0. The minimum Gasteiger partial charge on any atom is -0.461 e. The van der Waals surface area contributed by atoms with E-state index < -0.39 is 0 Å². The van der Waals surface area contributed by atoms with Gasteiger partial charge in [0.05, 0.1) is 12.3 Å². The summed E-state index contributed by atoms with van der Waals surface area (Å²) in [6.07, 6.45) is 0.207. The van der Waals surface area contributed by atoms with Gasteiger partial charge in [0.1, 0.15) is 11.9 Å². The number of rotatable bonds is 3. The van der Waals surface area contributed by atoms with E-state index in [1.165, 1.54) is 0 Å². The second-order valence-electron chi connectivity index (χ2n) is 6.47. The molecule has 1 saturated heterocycles. The molecule has 1 rings (SSSR count). The van der Waals surface area contributed by atoms with E-state index in [4.69, 9.17) is 4.74 Å². The standard InChI is InChI=1S/C14H24O3/c1-8(2)10-7-11(15)17-12(10)9(3)13(16)14(4,5)6/h8-10,12H,7H2,1-6H3/t9?,10-,12-/m1/s1. The Balaban J connectivity index is 2.84. The number of carbonyl (C=O) groups excluding carboxylic acids is 2. The highest BCUT2D eigenvalue weighted by Gasteiger charge is 2.44. The molecule has 0 spiro atoms. The molecule has 0 saturated carbocycles. The maximum absolute atomic E-state index is 12.2. The molecule has 1 unspecified atom stereocenters. The third-order valence-electron chi connectivity index (χ3n) is 3.59. The Kier molecular flexibility index (Phi) is 4.00. The molecule has 98 valence electrons. The summed E-state index contributed by atoms with van der Waals surface area (Å²) in [5.74, 6) is 0.324. The van der Waals surface area contributed by atoms with Gasteiger partial charge in [-0.2, -0.15) is 0 Å². The monoisotopic (exact) mass is 240 g/mol. The number of hydrogen-bond donors (Lipinski definition) is 0. The van der Waals surface area contributed by atoms with Gasteiger partial charge >= 0.3 is 5.97 Å². The lowest BCUT2D eigenvalue weighted by molar-refractivity contribution is -0.147. The van der Waals surface area contributed by atoms with Crippen LogP contribution in [0.4, 0.5) is 0 Å².